The first-order valence-corrected chi connectivity index (χ1v) is 6.61. The lowest BCUT2D eigenvalue weighted by molar-refractivity contribution is 0.102. The van der Waals surface area contributed by atoms with Crippen LogP contribution in [0.3, 0.4) is 0 Å². The molecule has 0 bridgehead atoms. The normalized spacial score (nSPS) is 10.9. The quantitative estimate of drug-likeness (QED) is 0.760. The van der Waals surface area contributed by atoms with E-state index in [4.69, 9.17) is 0 Å². The summed E-state index contributed by atoms with van der Waals surface area (Å²) in [7, 11) is 0. The molecule has 0 saturated heterocycles. The van der Waals surface area contributed by atoms with Gasteiger partial charge in [0.25, 0.3) is 11.5 Å². The van der Waals surface area contributed by atoms with E-state index in [-0.39, 0.29) is 22.6 Å². The van der Waals surface area contributed by atoms with Gasteiger partial charge in [0.05, 0.1) is 0 Å². The van der Waals surface area contributed by atoms with Crippen LogP contribution in [0.25, 0.3) is 5.52 Å². The molecule has 2 heterocycles. The van der Waals surface area contributed by atoms with Crippen molar-refractivity contribution in [2.45, 2.75) is 13.8 Å². The predicted octanol–water partition coefficient (Wildman–Crippen LogP) is 2.03. The van der Waals surface area contributed by atoms with E-state index in [1.807, 2.05) is 0 Å². The Morgan fingerprint density at radius 2 is 2.09 bits per heavy atom. The number of H-pyrrole nitrogens is 1. The largest absolute Gasteiger partial charge is 0.323 e. The smallest absolute Gasteiger partial charge is 0.276 e. The number of anilines is 1. The molecule has 0 aliphatic rings. The van der Waals surface area contributed by atoms with E-state index in [0.717, 1.165) is 0 Å². The van der Waals surface area contributed by atoms with Gasteiger partial charge in [-0.05, 0) is 37.6 Å². The number of hydrogen-bond acceptors (Lipinski definition) is 3. The van der Waals surface area contributed by atoms with Crippen molar-refractivity contribution in [1.82, 2.24) is 14.6 Å². The van der Waals surface area contributed by atoms with Gasteiger partial charge in [0.2, 0.25) is 0 Å². The third-order valence-electron chi connectivity index (χ3n) is 3.24. The Morgan fingerprint density at radius 3 is 2.82 bits per heavy atom. The lowest BCUT2D eigenvalue weighted by Crippen LogP contribution is -2.13. The summed E-state index contributed by atoms with van der Waals surface area (Å²) in [5.74, 6) is -0.806. The van der Waals surface area contributed by atoms with Crippen LogP contribution in [0.4, 0.5) is 10.1 Å². The number of amides is 1. The molecule has 0 saturated carbocycles. The van der Waals surface area contributed by atoms with Crippen LogP contribution >= 0.6 is 0 Å². The van der Waals surface area contributed by atoms with Crippen molar-refractivity contribution in [2.24, 2.45) is 0 Å². The number of carbonyl (C=O) groups is 1. The van der Waals surface area contributed by atoms with Gasteiger partial charge in [-0.25, -0.2) is 8.91 Å². The summed E-state index contributed by atoms with van der Waals surface area (Å²) in [4.78, 5) is 26.6. The fraction of sp³-hybridized carbons (Fsp3) is 0.133. The Morgan fingerprint density at radius 1 is 1.32 bits per heavy atom. The summed E-state index contributed by atoms with van der Waals surface area (Å²) < 4.78 is 14.6. The summed E-state index contributed by atoms with van der Waals surface area (Å²) in [6.45, 7) is 3.34. The molecule has 0 aliphatic heterocycles. The number of aryl methyl sites for hydroxylation is 2. The van der Waals surface area contributed by atoms with Crippen molar-refractivity contribution >= 4 is 17.1 Å². The summed E-state index contributed by atoms with van der Waals surface area (Å²) in [6, 6.07) is 5.68. The Labute approximate surface area is 124 Å². The zero-order valence-electron chi connectivity index (χ0n) is 12.0. The lowest BCUT2D eigenvalue weighted by Gasteiger charge is -2.04. The predicted molar refractivity (Wildman–Crippen MR) is 79.6 cm³/mol. The molecule has 0 unspecified atom stereocenters. The van der Waals surface area contributed by atoms with Crippen LogP contribution in [0.2, 0.25) is 0 Å². The first kappa shape index (κ1) is 14.0. The molecular formula is C15H13FN4O2. The second-order valence-electron chi connectivity index (χ2n) is 5.04. The van der Waals surface area contributed by atoms with Gasteiger partial charge in [-0.1, -0.05) is 0 Å². The third kappa shape index (κ3) is 2.48. The highest BCUT2D eigenvalue weighted by Crippen LogP contribution is 2.14. The van der Waals surface area contributed by atoms with Gasteiger partial charge >= 0.3 is 0 Å². The minimum Gasteiger partial charge on any atom is -0.323 e. The molecule has 2 aromatic heterocycles. The van der Waals surface area contributed by atoms with Crippen molar-refractivity contribution in [3.05, 3.63) is 63.6 Å². The van der Waals surface area contributed by atoms with Gasteiger partial charge < -0.3 is 10.3 Å². The molecule has 0 radical (unpaired) electrons. The molecular weight excluding hydrogens is 287 g/mol. The van der Waals surface area contributed by atoms with E-state index < -0.39 is 5.91 Å². The number of hydrogen-bond donors (Lipinski definition) is 2. The number of rotatable bonds is 2. The van der Waals surface area contributed by atoms with Gasteiger partial charge in [0.1, 0.15) is 11.3 Å². The molecule has 1 aromatic carbocycles. The topological polar surface area (TPSA) is 79.3 Å². The number of benzene rings is 1. The average Bonchev–Trinajstić information content (AvgIpc) is 2.87. The molecule has 0 fully saturated rings. The molecule has 0 atom stereocenters. The zero-order chi connectivity index (χ0) is 15.9. The average molecular weight is 300 g/mol. The molecule has 3 rings (SSSR count). The SMILES string of the molecule is Cc1cn2nc(C(=O)Nc3ccc(F)c(C)c3)cc2c(=O)[nH]1. The monoisotopic (exact) mass is 300 g/mol. The highest BCUT2D eigenvalue weighted by Gasteiger charge is 2.13. The molecule has 6 nitrogen and oxygen atoms in total. The molecule has 22 heavy (non-hydrogen) atoms. The Kier molecular flexibility index (Phi) is 3.25. The van der Waals surface area contributed by atoms with E-state index in [0.29, 0.717) is 16.9 Å². The van der Waals surface area contributed by atoms with Crippen LogP contribution < -0.4 is 10.9 Å². The van der Waals surface area contributed by atoms with Gasteiger partial charge in [0, 0.05) is 23.6 Å². The van der Waals surface area contributed by atoms with Crippen molar-refractivity contribution in [2.75, 3.05) is 5.32 Å². The summed E-state index contributed by atoms with van der Waals surface area (Å²) in [5.41, 5.74) is 1.61. The van der Waals surface area contributed by atoms with E-state index in [2.05, 4.69) is 15.4 Å². The van der Waals surface area contributed by atoms with E-state index in [1.165, 1.54) is 28.8 Å². The zero-order valence-corrected chi connectivity index (χ0v) is 12.0. The minimum atomic E-state index is -0.466. The fourth-order valence-corrected chi connectivity index (χ4v) is 2.15. The second-order valence-corrected chi connectivity index (χ2v) is 5.04. The van der Waals surface area contributed by atoms with Gasteiger partial charge in [0.15, 0.2) is 5.69 Å². The standard InChI is InChI=1S/C15H13FN4O2/c1-8-5-10(3-4-11(8)16)18-14(21)12-6-13-15(22)17-9(2)7-20(13)19-12/h3-7H,1-2H3,(H,17,22)(H,18,21). The fourth-order valence-electron chi connectivity index (χ4n) is 2.15. The minimum absolute atomic E-state index is 0.109. The van der Waals surface area contributed by atoms with E-state index in [9.17, 15) is 14.0 Å². The highest BCUT2D eigenvalue weighted by molar-refractivity contribution is 6.03. The first-order valence-electron chi connectivity index (χ1n) is 6.61. The molecule has 0 aliphatic carbocycles. The lowest BCUT2D eigenvalue weighted by atomic mass is 10.2. The molecule has 7 heteroatoms. The van der Waals surface area contributed by atoms with Crippen LogP contribution in [-0.4, -0.2) is 20.5 Å². The van der Waals surface area contributed by atoms with Crippen LogP contribution in [0.1, 0.15) is 21.7 Å². The van der Waals surface area contributed by atoms with Crippen molar-refractivity contribution < 1.29 is 9.18 Å². The number of fused-ring (bicyclic) bond motifs is 1. The summed E-state index contributed by atoms with van der Waals surface area (Å²) in [6.07, 6.45) is 1.62. The number of aromatic amines is 1. The first-order chi connectivity index (χ1) is 10.4. The van der Waals surface area contributed by atoms with Crippen molar-refractivity contribution in [1.29, 1.82) is 0 Å². The van der Waals surface area contributed by atoms with E-state index in [1.54, 1.807) is 20.0 Å². The van der Waals surface area contributed by atoms with Crippen LogP contribution in [-0.2, 0) is 0 Å². The van der Waals surface area contributed by atoms with Crippen LogP contribution in [0, 0.1) is 19.7 Å². The Balaban J connectivity index is 1.93. The Bertz CT molecular complexity index is 942. The molecule has 2 N–H and O–H groups in total. The molecule has 0 spiro atoms. The van der Waals surface area contributed by atoms with E-state index >= 15 is 0 Å². The van der Waals surface area contributed by atoms with Crippen molar-refractivity contribution in [3.8, 4) is 0 Å². The molecule has 3 aromatic rings. The van der Waals surface area contributed by atoms with Gasteiger partial charge in [-0.3, -0.25) is 9.59 Å². The van der Waals surface area contributed by atoms with Crippen LogP contribution in [0.15, 0.2) is 35.3 Å². The second kappa shape index (κ2) is 5.10. The molecule has 112 valence electrons. The molecule has 1 amide bonds. The van der Waals surface area contributed by atoms with Gasteiger partial charge in [-0.15, -0.1) is 0 Å². The third-order valence-corrected chi connectivity index (χ3v) is 3.24. The number of aromatic nitrogens is 3. The number of halogens is 1. The number of carbonyl (C=O) groups excluding carboxylic acids is 1. The van der Waals surface area contributed by atoms with Gasteiger partial charge in [-0.2, -0.15) is 5.10 Å². The highest BCUT2D eigenvalue weighted by atomic mass is 19.1. The Hall–Kier alpha value is -2.96. The van der Waals surface area contributed by atoms with Crippen LogP contribution in [0.5, 0.6) is 0 Å². The maximum absolute atomic E-state index is 13.2. The maximum Gasteiger partial charge on any atom is 0.276 e. The maximum atomic E-state index is 13.2. The number of nitrogens with one attached hydrogen (secondary N) is 2. The van der Waals surface area contributed by atoms with Crippen molar-refractivity contribution in [3.63, 3.8) is 0 Å². The summed E-state index contributed by atoms with van der Waals surface area (Å²) >= 11 is 0. The number of nitrogens with zero attached hydrogens (tertiary/aromatic N) is 2. The summed E-state index contributed by atoms with van der Waals surface area (Å²) in [5, 5.41) is 6.71.